The molecule has 3 aromatic rings. The largest absolute Gasteiger partial charge is 0.308 e. The molecule has 1 amide bonds. The van der Waals surface area contributed by atoms with Gasteiger partial charge in [0.2, 0.25) is 0 Å². The van der Waals surface area contributed by atoms with Crippen LogP contribution in [0.4, 0.5) is 5.13 Å². The molecule has 0 fully saturated rings. The van der Waals surface area contributed by atoms with E-state index in [0.29, 0.717) is 15.7 Å². The molecule has 1 heterocycles. The number of benzene rings is 2. The number of thiazole rings is 1. The minimum atomic E-state index is -0.246. The number of amides is 1. The summed E-state index contributed by atoms with van der Waals surface area (Å²) in [5, 5.41) is 9.06. The lowest BCUT2D eigenvalue weighted by molar-refractivity contribution is 0.0977. The van der Waals surface area contributed by atoms with Crippen molar-refractivity contribution in [2.45, 2.75) is 13.8 Å². The molecule has 26 heavy (non-hydrogen) atoms. The van der Waals surface area contributed by atoms with Crippen molar-refractivity contribution >= 4 is 51.3 Å². The van der Waals surface area contributed by atoms with Crippen molar-refractivity contribution in [3.05, 3.63) is 69.6 Å². The third-order valence-corrected chi connectivity index (χ3v) is 4.79. The second kappa shape index (κ2) is 7.95. The van der Waals surface area contributed by atoms with Gasteiger partial charge in [0.05, 0.1) is 5.69 Å². The van der Waals surface area contributed by atoms with Crippen LogP contribution >= 0.6 is 35.2 Å². The lowest BCUT2D eigenvalue weighted by atomic mass is 10.1. The van der Waals surface area contributed by atoms with Gasteiger partial charge in [-0.25, -0.2) is 4.98 Å². The van der Waals surface area contributed by atoms with Gasteiger partial charge < -0.3 is 5.32 Å². The van der Waals surface area contributed by atoms with E-state index in [1.807, 2.05) is 61.7 Å². The molecule has 132 valence electrons. The number of hydrogen-bond acceptors (Lipinski definition) is 4. The third-order valence-electron chi connectivity index (χ3n) is 3.58. The first-order chi connectivity index (χ1) is 12.4. The number of nitrogens with zero attached hydrogens (tertiary/aromatic N) is 1. The number of anilines is 1. The van der Waals surface area contributed by atoms with Gasteiger partial charge in [0.15, 0.2) is 10.2 Å². The fraction of sp³-hybridized carbons (Fsp3) is 0.105. The van der Waals surface area contributed by atoms with Crippen LogP contribution in [0.25, 0.3) is 11.3 Å². The van der Waals surface area contributed by atoms with Crippen molar-refractivity contribution in [3.8, 4) is 11.3 Å². The van der Waals surface area contributed by atoms with Gasteiger partial charge in [-0.3, -0.25) is 10.1 Å². The fourth-order valence-electron chi connectivity index (χ4n) is 2.49. The van der Waals surface area contributed by atoms with Crippen LogP contribution < -0.4 is 10.6 Å². The van der Waals surface area contributed by atoms with Crippen LogP contribution in [0.2, 0.25) is 5.02 Å². The molecule has 3 rings (SSSR count). The Morgan fingerprint density at radius 1 is 1.12 bits per heavy atom. The van der Waals surface area contributed by atoms with Crippen LogP contribution in [-0.4, -0.2) is 16.0 Å². The van der Waals surface area contributed by atoms with E-state index >= 15 is 0 Å². The van der Waals surface area contributed by atoms with Crippen molar-refractivity contribution < 1.29 is 4.79 Å². The van der Waals surface area contributed by atoms with Crippen LogP contribution in [-0.2, 0) is 0 Å². The van der Waals surface area contributed by atoms with Crippen LogP contribution in [0.3, 0.4) is 0 Å². The van der Waals surface area contributed by atoms with Gasteiger partial charge in [0.1, 0.15) is 0 Å². The van der Waals surface area contributed by atoms with Crippen LogP contribution in [0, 0.1) is 13.8 Å². The highest BCUT2D eigenvalue weighted by Gasteiger charge is 2.11. The van der Waals surface area contributed by atoms with E-state index < -0.39 is 0 Å². The summed E-state index contributed by atoms with van der Waals surface area (Å²) in [6.45, 7) is 3.91. The highest BCUT2D eigenvalue weighted by atomic mass is 35.5. The molecule has 1 aromatic heterocycles. The summed E-state index contributed by atoms with van der Waals surface area (Å²) in [6, 6.07) is 13.1. The monoisotopic (exact) mass is 401 g/mol. The summed E-state index contributed by atoms with van der Waals surface area (Å²) < 4.78 is 0. The highest BCUT2D eigenvalue weighted by Crippen LogP contribution is 2.25. The van der Waals surface area contributed by atoms with E-state index in [2.05, 4.69) is 15.6 Å². The van der Waals surface area contributed by atoms with Gasteiger partial charge >= 0.3 is 0 Å². The third kappa shape index (κ3) is 4.66. The SMILES string of the molecule is Cc1cc(C)cc(C(=O)NC(=S)Nc2nc(-c3ccc(Cl)cc3)cs2)c1. The van der Waals surface area contributed by atoms with Gasteiger partial charge in [0, 0.05) is 21.5 Å². The molecule has 0 aliphatic rings. The maximum Gasteiger partial charge on any atom is 0.257 e. The maximum absolute atomic E-state index is 12.3. The summed E-state index contributed by atoms with van der Waals surface area (Å²) in [7, 11) is 0. The van der Waals surface area contributed by atoms with Crippen molar-refractivity contribution in [2.75, 3.05) is 5.32 Å². The molecule has 0 atom stereocenters. The molecule has 0 aliphatic carbocycles. The Bertz CT molecular complexity index is 947. The van der Waals surface area contributed by atoms with Crippen LogP contribution in [0.5, 0.6) is 0 Å². The summed E-state index contributed by atoms with van der Waals surface area (Å²) in [5.74, 6) is -0.246. The summed E-state index contributed by atoms with van der Waals surface area (Å²) in [5.41, 5.74) is 4.41. The number of carbonyl (C=O) groups excluding carboxylic acids is 1. The molecule has 2 N–H and O–H groups in total. The average Bonchev–Trinajstić information content (AvgIpc) is 3.02. The number of halogens is 1. The topological polar surface area (TPSA) is 54.0 Å². The Morgan fingerprint density at radius 2 is 1.77 bits per heavy atom. The molecule has 0 saturated heterocycles. The Morgan fingerprint density at radius 3 is 2.42 bits per heavy atom. The quantitative estimate of drug-likeness (QED) is 0.591. The normalized spacial score (nSPS) is 10.4. The molecule has 2 aromatic carbocycles. The van der Waals surface area contributed by atoms with Crippen molar-refractivity contribution in [1.82, 2.24) is 10.3 Å². The molecule has 0 aliphatic heterocycles. The lowest BCUT2D eigenvalue weighted by Crippen LogP contribution is -2.34. The van der Waals surface area contributed by atoms with Crippen molar-refractivity contribution in [1.29, 1.82) is 0 Å². The van der Waals surface area contributed by atoms with Gasteiger partial charge in [-0.15, -0.1) is 11.3 Å². The predicted molar refractivity (Wildman–Crippen MR) is 112 cm³/mol. The van der Waals surface area contributed by atoms with Crippen molar-refractivity contribution in [3.63, 3.8) is 0 Å². The molecule has 7 heteroatoms. The zero-order chi connectivity index (χ0) is 18.7. The first-order valence-electron chi connectivity index (χ1n) is 7.83. The van der Waals surface area contributed by atoms with E-state index in [9.17, 15) is 4.79 Å². The fourth-order valence-corrected chi connectivity index (χ4v) is 3.60. The number of rotatable bonds is 3. The number of thiocarbonyl (C=S) groups is 1. The van der Waals surface area contributed by atoms with Gasteiger partial charge in [-0.1, -0.05) is 40.9 Å². The van der Waals surface area contributed by atoms with E-state index in [1.165, 1.54) is 11.3 Å². The molecule has 0 radical (unpaired) electrons. The number of hydrogen-bond donors (Lipinski definition) is 2. The average molecular weight is 402 g/mol. The zero-order valence-corrected chi connectivity index (χ0v) is 16.6. The smallest absolute Gasteiger partial charge is 0.257 e. The first-order valence-corrected chi connectivity index (χ1v) is 9.49. The van der Waals surface area contributed by atoms with E-state index in [4.69, 9.17) is 23.8 Å². The molecule has 0 bridgehead atoms. The molecular weight excluding hydrogens is 386 g/mol. The minimum Gasteiger partial charge on any atom is -0.308 e. The number of aromatic nitrogens is 1. The summed E-state index contributed by atoms with van der Waals surface area (Å²) in [4.78, 5) is 16.8. The minimum absolute atomic E-state index is 0.214. The summed E-state index contributed by atoms with van der Waals surface area (Å²) in [6.07, 6.45) is 0. The van der Waals surface area contributed by atoms with Gasteiger partial charge in [0.25, 0.3) is 5.91 Å². The molecule has 0 spiro atoms. The number of carbonyl (C=O) groups is 1. The van der Waals surface area contributed by atoms with Crippen LogP contribution in [0.15, 0.2) is 47.8 Å². The standard InChI is InChI=1S/C19H16ClN3OS2/c1-11-7-12(2)9-14(8-11)17(24)22-18(25)23-19-21-16(10-26-19)13-3-5-15(20)6-4-13/h3-10H,1-2H3,(H2,21,22,23,24,25). The van der Waals surface area contributed by atoms with Crippen LogP contribution in [0.1, 0.15) is 21.5 Å². The Labute approximate surface area is 166 Å². The molecule has 0 saturated carbocycles. The lowest BCUT2D eigenvalue weighted by Gasteiger charge is -2.08. The van der Waals surface area contributed by atoms with E-state index in [-0.39, 0.29) is 11.0 Å². The summed E-state index contributed by atoms with van der Waals surface area (Å²) >= 11 is 12.5. The number of nitrogens with one attached hydrogen (secondary N) is 2. The van der Waals surface area contributed by atoms with Gasteiger partial charge in [-0.05, 0) is 50.3 Å². The second-order valence-electron chi connectivity index (χ2n) is 5.83. The first kappa shape index (κ1) is 18.5. The molecule has 4 nitrogen and oxygen atoms in total. The Hall–Kier alpha value is -2.28. The van der Waals surface area contributed by atoms with Gasteiger partial charge in [-0.2, -0.15) is 0 Å². The number of aryl methyl sites for hydroxylation is 2. The molecule has 0 unspecified atom stereocenters. The van der Waals surface area contributed by atoms with Crippen molar-refractivity contribution in [2.24, 2.45) is 0 Å². The van der Waals surface area contributed by atoms with E-state index in [0.717, 1.165) is 22.4 Å². The van der Waals surface area contributed by atoms with E-state index in [1.54, 1.807) is 0 Å². The molecular formula is C19H16ClN3OS2. The predicted octanol–water partition coefficient (Wildman–Crippen LogP) is 5.21. The maximum atomic E-state index is 12.3. The zero-order valence-electron chi connectivity index (χ0n) is 14.2. The highest BCUT2D eigenvalue weighted by molar-refractivity contribution is 7.80. The second-order valence-corrected chi connectivity index (χ2v) is 7.53. The Balaban J connectivity index is 1.65. The Kier molecular flexibility index (Phi) is 5.66.